The van der Waals surface area contributed by atoms with Gasteiger partial charge in [0.2, 0.25) is 11.8 Å². The molecule has 0 saturated heterocycles. The Kier molecular flexibility index (Phi) is 9.55. The Morgan fingerprint density at radius 2 is 1.44 bits per heavy atom. The van der Waals surface area contributed by atoms with Crippen molar-refractivity contribution in [1.29, 1.82) is 0 Å². The second-order valence-corrected chi connectivity index (χ2v) is 9.35. The van der Waals surface area contributed by atoms with Crippen molar-refractivity contribution in [1.82, 2.24) is 10.2 Å². The zero-order chi connectivity index (χ0) is 24.5. The smallest absolute Gasteiger partial charge is 0.243 e. The molecule has 34 heavy (non-hydrogen) atoms. The van der Waals surface area contributed by atoms with Crippen molar-refractivity contribution in [3.05, 3.63) is 106 Å². The Labute approximate surface area is 211 Å². The summed E-state index contributed by atoms with van der Waals surface area (Å²) < 4.78 is 0. The van der Waals surface area contributed by atoms with Gasteiger partial charge in [0.15, 0.2) is 0 Å². The SMILES string of the molecule is CC[C@@H](C)NC(=O)[C@H](Cc1ccccc1)N(Cc1cccc(Cl)c1)C(=O)Cc1cccc(Cl)c1. The number of halogens is 2. The molecule has 3 aromatic carbocycles. The summed E-state index contributed by atoms with van der Waals surface area (Å²) >= 11 is 12.4. The highest BCUT2D eigenvalue weighted by Gasteiger charge is 2.31. The molecule has 2 atom stereocenters. The first-order valence-corrected chi connectivity index (χ1v) is 12.2. The van der Waals surface area contributed by atoms with Crippen molar-refractivity contribution < 1.29 is 9.59 Å². The standard InChI is InChI=1S/C28H30Cl2N2O2/c1-3-20(2)31-28(34)26(17-21-9-5-4-6-10-21)32(19-23-12-8-14-25(30)16-23)27(33)18-22-11-7-13-24(29)15-22/h4-16,20,26H,3,17-19H2,1-2H3,(H,31,34)/t20-,26+/m1/s1. The van der Waals surface area contributed by atoms with Gasteiger partial charge in [0.25, 0.3) is 0 Å². The van der Waals surface area contributed by atoms with Gasteiger partial charge in [-0.3, -0.25) is 9.59 Å². The van der Waals surface area contributed by atoms with Crippen molar-refractivity contribution in [3.8, 4) is 0 Å². The first-order valence-electron chi connectivity index (χ1n) is 11.5. The Morgan fingerprint density at radius 1 is 0.853 bits per heavy atom. The molecule has 2 amide bonds. The highest BCUT2D eigenvalue weighted by Crippen LogP contribution is 2.20. The van der Waals surface area contributed by atoms with E-state index in [0.717, 1.165) is 23.1 Å². The molecule has 0 aromatic heterocycles. The maximum Gasteiger partial charge on any atom is 0.243 e. The molecule has 6 heteroatoms. The van der Waals surface area contributed by atoms with Crippen molar-refractivity contribution in [3.63, 3.8) is 0 Å². The lowest BCUT2D eigenvalue weighted by Crippen LogP contribution is -2.52. The average Bonchev–Trinajstić information content (AvgIpc) is 2.81. The summed E-state index contributed by atoms with van der Waals surface area (Å²) in [5, 5.41) is 4.23. The molecule has 0 fully saturated rings. The van der Waals surface area contributed by atoms with Crippen molar-refractivity contribution in [2.45, 2.75) is 51.7 Å². The molecule has 0 bridgehead atoms. The van der Waals surface area contributed by atoms with Crippen LogP contribution in [0.15, 0.2) is 78.9 Å². The molecule has 0 radical (unpaired) electrons. The summed E-state index contributed by atoms with van der Waals surface area (Å²) in [6.07, 6.45) is 1.35. The van der Waals surface area contributed by atoms with Crippen LogP contribution in [0.1, 0.15) is 37.0 Å². The maximum atomic E-state index is 13.7. The predicted molar refractivity (Wildman–Crippen MR) is 139 cm³/mol. The van der Waals surface area contributed by atoms with Gasteiger partial charge in [0.05, 0.1) is 6.42 Å². The van der Waals surface area contributed by atoms with Gasteiger partial charge < -0.3 is 10.2 Å². The Hall–Kier alpha value is -2.82. The first kappa shape index (κ1) is 25.8. The monoisotopic (exact) mass is 496 g/mol. The van der Waals surface area contributed by atoms with Crippen LogP contribution in [0, 0.1) is 0 Å². The lowest BCUT2D eigenvalue weighted by Gasteiger charge is -2.32. The molecule has 0 aliphatic heterocycles. The fourth-order valence-electron chi connectivity index (χ4n) is 3.75. The number of nitrogens with one attached hydrogen (secondary N) is 1. The van der Waals surface area contributed by atoms with Crippen LogP contribution >= 0.6 is 23.2 Å². The fraction of sp³-hybridized carbons (Fsp3) is 0.286. The van der Waals surface area contributed by atoms with Crippen LogP contribution in [0.4, 0.5) is 0 Å². The number of benzene rings is 3. The molecule has 0 aliphatic rings. The zero-order valence-corrected chi connectivity index (χ0v) is 21.0. The largest absolute Gasteiger partial charge is 0.352 e. The number of carbonyl (C=O) groups excluding carboxylic acids is 2. The minimum Gasteiger partial charge on any atom is -0.352 e. The third-order valence-electron chi connectivity index (χ3n) is 5.76. The van der Waals surface area contributed by atoms with Crippen LogP contribution in [0.25, 0.3) is 0 Å². The summed E-state index contributed by atoms with van der Waals surface area (Å²) in [7, 11) is 0. The Morgan fingerprint density at radius 3 is 2.06 bits per heavy atom. The van der Waals surface area contributed by atoms with E-state index in [0.29, 0.717) is 16.5 Å². The van der Waals surface area contributed by atoms with Gasteiger partial charge in [-0.2, -0.15) is 0 Å². The molecule has 1 N–H and O–H groups in total. The van der Waals surface area contributed by atoms with Crippen LogP contribution in [0.3, 0.4) is 0 Å². The Bertz CT molecular complexity index is 1100. The molecule has 178 valence electrons. The first-order chi connectivity index (χ1) is 16.4. The summed E-state index contributed by atoms with van der Waals surface area (Å²) in [4.78, 5) is 28.8. The highest BCUT2D eigenvalue weighted by molar-refractivity contribution is 6.30. The predicted octanol–water partition coefficient (Wildman–Crippen LogP) is 6.09. The number of rotatable bonds is 10. The van der Waals surface area contributed by atoms with E-state index in [-0.39, 0.29) is 30.8 Å². The van der Waals surface area contributed by atoms with Gasteiger partial charge >= 0.3 is 0 Å². The molecular formula is C28H30Cl2N2O2. The summed E-state index contributed by atoms with van der Waals surface area (Å²) in [6.45, 7) is 4.25. The molecule has 3 aromatic rings. The molecule has 0 aliphatic carbocycles. The van der Waals surface area contributed by atoms with Gasteiger partial charge in [0.1, 0.15) is 6.04 Å². The topological polar surface area (TPSA) is 49.4 Å². The van der Waals surface area contributed by atoms with Crippen molar-refractivity contribution >= 4 is 35.0 Å². The molecular weight excluding hydrogens is 467 g/mol. The van der Waals surface area contributed by atoms with E-state index in [2.05, 4.69) is 5.32 Å². The number of hydrogen-bond donors (Lipinski definition) is 1. The van der Waals surface area contributed by atoms with Crippen LogP contribution < -0.4 is 5.32 Å². The number of hydrogen-bond acceptors (Lipinski definition) is 2. The number of carbonyl (C=O) groups is 2. The van der Waals surface area contributed by atoms with Gasteiger partial charge in [-0.15, -0.1) is 0 Å². The van der Waals surface area contributed by atoms with Gasteiger partial charge in [0, 0.05) is 29.1 Å². The van der Waals surface area contributed by atoms with E-state index in [4.69, 9.17) is 23.2 Å². The van der Waals surface area contributed by atoms with Crippen LogP contribution in [-0.2, 0) is 29.0 Å². The molecule has 0 saturated carbocycles. The minimum absolute atomic E-state index is 0.00169. The molecule has 4 nitrogen and oxygen atoms in total. The third-order valence-corrected chi connectivity index (χ3v) is 6.23. The van der Waals surface area contributed by atoms with Crippen molar-refractivity contribution in [2.75, 3.05) is 0 Å². The van der Waals surface area contributed by atoms with E-state index in [1.54, 1.807) is 23.1 Å². The van der Waals surface area contributed by atoms with Crippen LogP contribution in [-0.4, -0.2) is 28.8 Å². The van der Waals surface area contributed by atoms with E-state index in [9.17, 15) is 9.59 Å². The second-order valence-electron chi connectivity index (χ2n) is 8.48. The lowest BCUT2D eigenvalue weighted by molar-refractivity contribution is -0.141. The summed E-state index contributed by atoms with van der Waals surface area (Å²) in [5.74, 6) is -0.317. The molecule has 0 spiro atoms. The second kappa shape index (κ2) is 12.6. The molecule has 0 unspecified atom stereocenters. The number of amides is 2. The highest BCUT2D eigenvalue weighted by atomic mass is 35.5. The van der Waals surface area contributed by atoms with Gasteiger partial charge in [-0.1, -0.05) is 84.7 Å². The van der Waals surface area contributed by atoms with Crippen molar-refractivity contribution in [2.24, 2.45) is 0 Å². The average molecular weight is 497 g/mol. The molecule has 3 rings (SSSR count). The summed E-state index contributed by atoms with van der Waals surface area (Å²) in [5.41, 5.74) is 2.65. The van der Waals surface area contributed by atoms with E-state index in [1.807, 2.05) is 74.5 Å². The van der Waals surface area contributed by atoms with Gasteiger partial charge in [-0.05, 0) is 54.3 Å². The fourth-order valence-corrected chi connectivity index (χ4v) is 4.18. The van der Waals surface area contributed by atoms with E-state index in [1.165, 1.54) is 0 Å². The zero-order valence-electron chi connectivity index (χ0n) is 19.5. The van der Waals surface area contributed by atoms with Gasteiger partial charge in [-0.25, -0.2) is 0 Å². The van der Waals surface area contributed by atoms with E-state index < -0.39 is 6.04 Å². The van der Waals surface area contributed by atoms with Crippen LogP contribution in [0.5, 0.6) is 0 Å². The third kappa shape index (κ3) is 7.61. The minimum atomic E-state index is -0.679. The molecule has 0 heterocycles. The number of nitrogens with zero attached hydrogens (tertiary/aromatic N) is 1. The van der Waals surface area contributed by atoms with Crippen LogP contribution in [0.2, 0.25) is 10.0 Å². The van der Waals surface area contributed by atoms with E-state index >= 15 is 0 Å². The maximum absolute atomic E-state index is 13.7. The normalized spacial score (nSPS) is 12.6. The quantitative estimate of drug-likeness (QED) is 0.369. The Balaban J connectivity index is 1.97. The summed E-state index contributed by atoms with van der Waals surface area (Å²) in [6, 6.07) is 23.7. The lowest BCUT2D eigenvalue weighted by atomic mass is 10.0.